The molecule has 2 aromatic carbocycles. The van der Waals surface area contributed by atoms with E-state index in [2.05, 4.69) is 0 Å². The van der Waals surface area contributed by atoms with Gasteiger partial charge in [0.2, 0.25) is 5.91 Å². The standard InChI is InChI=1S/C25H30N2O6/c1-25(2,3)33-24(31)27-20-11-6-5-9-18(20)15-21(27)23(30)26(16-22(28)29)13-12-17-8-7-10-19(14-17)32-4/h5-11,14,21H,12-13,15-16H2,1-4H3,(H,28,29)/t21-/m1/s1. The first-order valence-corrected chi connectivity index (χ1v) is 10.8. The molecule has 0 spiro atoms. The Hall–Kier alpha value is -3.55. The van der Waals surface area contributed by atoms with Crippen LogP contribution < -0.4 is 9.64 Å². The monoisotopic (exact) mass is 454 g/mol. The number of hydrogen-bond acceptors (Lipinski definition) is 5. The SMILES string of the molecule is COc1cccc(CCN(CC(=O)O)C(=O)[C@H]2Cc3ccccc3N2C(=O)OC(C)(C)C)c1. The number of nitrogens with zero attached hydrogens (tertiary/aromatic N) is 2. The largest absolute Gasteiger partial charge is 0.497 e. The molecule has 176 valence electrons. The van der Waals surface area contributed by atoms with Gasteiger partial charge in [-0.2, -0.15) is 0 Å². The molecule has 8 nitrogen and oxygen atoms in total. The highest BCUT2D eigenvalue weighted by atomic mass is 16.6. The van der Waals surface area contributed by atoms with Gasteiger partial charge in [0.25, 0.3) is 0 Å². The molecule has 3 rings (SSSR count). The number of carboxylic acid groups (broad SMARTS) is 1. The minimum absolute atomic E-state index is 0.188. The molecule has 0 saturated heterocycles. The van der Waals surface area contributed by atoms with Crippen LogP contribution in [0.3, 0.4) is 0 Å². The van der Waals surface area contributed by atoms with Crippen LogP contribution in [0, 0.1) is 0 Å². The van der Waals surface area contributed by atoms with Gasteiger partial charge in [0, 0.05) is 13.0 Å². The fourth-order valence-corrected chi connectivity index (χ4v) is 3.85. The molecule has 1 atom stereocenters. The molecule has 0 fully saturated rings. The number of hydrogen-bond donors (Lipinski definition) is 1. The number of carboxylic acids is 1. The van der Waals surface area contributed by atoms with Gasteiger partial charge < -0.3 is 19.5 Å². The van der Waals surface area contributed by atoms with Crippen LogP contribution in [-0.4, -0.2) is 59.8 Å². The van der Waals surface area contributed by atoms with Crippen LogP contribution in [0.15, 0.2) is 48.5 Å². The highest BCUT2D eigenvalue weighted by molar-refractivity contribution is 6.01. The summed E-state index contributed by atoms with van der Waals surface area (Å²) in [5.74, 6) is -0.860. The maximum Gasteiger partial charge on any atom is 0.415 e. The first-order valence-electron chi connectivity index (χ1n) is 10.8. The van der Waals surface area contributed by atoms with E-state index in [-0.39, 0.29) is 6.54 Å². The number of aliphatic carboxylic acids is 1. The zero-order valence-electron chi connectivity index (χ0n) is 19.4. The summed E-state index contributed by atoms with van der Waals surface area (Å²) in [5.41, 5.74) is 1.61. The maximum atomic E-state index is 13.6. The van der Waals surface area contributed by atoms with Crippen LogP contribution in [0.1, 0.15) is 31.9 Å². The molecule has 0 unspecified atom stereocenters. The fraction of sp³-hybridized carbons (Fsp3) is 0.400. The van der Waals surface area contributed by atoms with E-state index in [0.717, 1.165) is 11.1 Å². The zero-order valence-corrected chi connectivity index (χ0v) is 19.4. The molecular formula is C25H30N2O6. The number of carbonyl (C=O) groups excluding carboxylic acids is 2. The number of anilines is 1. The number of benzene rings is 2. The van der Waals surface area contributed by atoms with E-state index in [1.54, 1.807) is 40.0 Å². The topological polar surface area (TPSA) is 96.4 Å². The Balaban J connectivity index is 1.85. The summed E-state index contributed by atoms with van der Waals surface area (Å²) in [6.07, 6.45) is 0.111. The number of amides is 2. The summed E-state index contributed by atoms with van der Waals surface area (Å²) >= 11 is 0. The van der Waals surface area contributed by atoms with Crippen molar-refractivity contribution in [2.75, 3.05) is 25.1 Å². The van der Waals surface area contributed by atoms with E-state index in [9.17, 15) is 19.5 Å². The van der Waals surface area contributed by atoms with Crippen LogP contribution in [0.4, 0.5) is 10.5 Å². The molecule has 1 heterocycles. The second-order valence-electron chi connectivity index (χ2n) is 8.95. The third kappa shape index (κ3) is 6.03. The lowest BCUT2D eigenvalue weighted by atomic mass is 10.1. The summed E-state index contributed by atoms with van der Waals surface area (Å²) in [5, 5.41) is 9.44. The highest BCUT2D eigenvalue weighted by Gasteiger charge is 2.42. The van der Waals surface area contributed by atoms with Gasteiger partial charge in [-0.3, -0.25) is 14.5 Å². The van der Waals surface area contributed by atoms with Gasteiger partial charge in [-0.15, -0.1) is 0 Å². The van der Waals surface area contributed by atoms with Gasteiger partial charge in [0.05, 0.1) is 12.8 Å². The molecule has 33 heavy (non-hydrogen) atoms. The lowest BCUT2D eigenvalue weighted by Gasteiger charge is -2.31. The van der Waals surface area contributed by atoms with E-state index >= 15 is 0 Å². The van der Waals surface area contributed by atoms with Crippen LogP contribution in [0.5, 0.6) is 5.75 Å². The van der Waals surface area contributed by atoms with E-state index in [0.29, 0.717) is 24.3 Å². The number of ether oxygens (including phenoxy) is 2. The molecule has 1 aliphatic rings. The fourth-order valence-electron chi connectivity index (χ4n) is 3.85. The van der Waals surface area contributed by atoms with Crippen molar-refractivity contribution in [3.8, 4) is 5.75 Å². The molecular weight excluding hydrogens is 424 g/mol. The van der Waals surface area contributed by atoms with Crippen molar-refractivity contribution < 1.29 is 29.0 Å². The first-order chi connectivity index (χ1) is 15.6. The van der Waals surface area contributed by atoms with Gasteiger partial charge >= 0.3 is 12.1 Å². The Bertz CT molecular complexity index is 1030. The molecule has 2 aromatic rings. The average Bonchev–Trinajstić information content (AvgIpc) is 3.14. The summed E-state index contributed by atoms with van der Waals surface area (Å²) in [7, 11) is 1.57. The number of para-hydroxylation sites is 1. The molecule has 1 aliphatic heterocycles. The Morgan fingerprint density at radius 1 is 1.12 bits per heavy atom. The highest BCUT2D eigenvalue weighted by Crippen LogP contribution is 2.34. The Labute approximate surface area is 193 Å². The van der Waals surface area contributed by atoms with E-state index in [4.69, 9.17) is 9.47 Å². The summed E-state index contributed by atoms with van der Waals surface area (Å²) in [6.45, 7) is 5.00. The van der Waals surface area contributed by atoms with E-state index in [1.165, 1.54) is 9.80 Å². The minimum Gasteiger partial charge on any atom is -0.497 e. The molecule has 0 bridgehead atoms. The van der Waals surface area contributed by atoms with Crippen molar-refractivity contribution in [3.05, 3.63) is 59.7 Å². The Kier molecular flexibility index (Phi) is 7.26. The van der Waals surface area contributed by atoms with Crippen LogP contribution in [0.25, 0.3) is 0 Å². The van der Waals surface area contributed by atoms with Gasteiger partial charge in [0.15, 0.2) is 0 Å². The van der Waals surface area contributed by atoms with Gasteiger partial charge in [0.1, 0.15) is 23.9 Å². The number of methoxy groups -OCH3 is 1. The predicted molar refractivity (Wildman–Crippen MR) is 124 cm³/mol. The summed E-state index contributed by atoms with van der Waals surface area (Å²) in [4.78, 5) is 40.8. The van der Waals surface area contributed by atoms with Gasteiger partial charge in [-0.1, -0.05) is 30.3 Å². The number of rotatable bonds is 7. The van der Waals surface area contributed by atoms with Crippen molar-refractivity contribution in [1.82, 2.24) is 4.90 Å². The Morgan fingerprint density at radius 2 is 1.85 bits per heavy atom. The molecule has 0 saturated carbocycles. The zero-order chi connectivity index (χ0) is 24.2. The van der Waals surface area contributed by atoms with Crippen molar-refractivity contribution in [2.45, 2.75) is 45.3 Å². The van der Waals surface area contributed by atoms with Gasteiger partial charge in [-0.25, -0.2) is 4.79 Å². The third-order valence-electron chi connectivity index (χ3n) is 5.29. The van der Waals surface area contributed by atoms with Gasteiger partial charge in [-0.05, 0) is 56.5 Å². The molecule has 8 heteroatoms. The molecule has 2 amide bonds. The van der Waals surface area contributed by atoms with Crippen molar-refractivity contribution in [1.29, 1.82) is 0 Å². The molecule has 0 aromatic heterocycles. The smallest absolute Gasteiger partial charge is 0.415 e. The predicted octanol–water partition coefficient (Wildman–Crippen LogP) is 3.52. The first kappa shape index (κ1) is 24.1. The van der Waals surface area contributed by atoms with Crippen molar-refractivity contribution in [2.24, 2.45) is 0 Å². The van der Waals surface area contributed by atoms with Crippen LogP contribution >= 0.6 is 0 Å². The second kappa shape index (κ2) is 9.94. The third-order valence-corrected chi connectivity index (χ3v) is 5.29. The number of carbonyl (C=O) groups is 3. The normalized spacial score (nSPS) is 15.0. The molecule has 1 N–H and O–H groups in total. The lowest BCUT2D eigenvalue weighted by Crippen LogP contribution is -2.52. The van der Waals surface area contributed by atoms with Crippen LogP contribution in [-0.2, 0) is 27.2 Å². The van der Waals surface area contributed by atoms with E-state index in [1.807, 2.05) is 36.4 Å². The van der Waals surface area contributed by atoms with Crippen LogP contribution in [0.2, 0.25) is 0 Å². The summed E-state index contributed by atoms with van der Waals surface area (Å²) < 4.78 is 10.8. The van der Waals surface area contributed by atoms with E-state index < -0.39 is 36.2 Å². The quantitative estimate of drug-likeness (QED) is 0.688. The average molecular weight is 455 g/mol. The maximum absolute atomic E-state index is 13.6. The minimum atomic E-state index is -1.12. The summed E-state index contributed by atoms with van der Waals surface area (Å²) in [6, 6.07) is 13.8. The van der Waals surface area contributed by atoms with Crippen molar-refractivity contribution >= 4 is 23.7 Å². The lowest BCUT2D eigenvalue weighted by molar-refractivity contribution is -0.144. The molecule has 0 aliphatic carbocycles. The Morgan fingerprint density at radius 3 is 2.52 bits per heavy atom. The van der Waals surface area contributed by atoms with Crippen molar-refractivity contribution in [3.63, 3.8) is 0 Å². The molecule has 0 radical (unpaired) electrons. The second-order valence-corrected chi connectivity index (χ2v) is 8.95. The number of fused-ring (bicyclic) bond motifs is 1.